The van der Waals surface area contributed by atoms with Crippen LogP contribution >= 0.6 is 0 Å². The first-order valence-corrected chi connectivity index (χ1v) is 6.29. The summed E-state index contributed by atoms with van der Waals surface area (Å²) in [6.45, 7) is 0.880. The Hall–Kier alpha value is -1.18. The van der Waals surface area contributed by atoms with Crippen LogP contribution in [0.2, 0.25) is 0 Å². The van der Waals surface area contributed by atoms with Crippen LogP contribution in [0.3, 0.4) is 0 Å². The molecule has 2 nitrogen and oxygen atoms in total. The van der Waals surface area contributed by atoms with Crippen molar-refractivity contribution in [2.45, 2.75) is 25.7 Å². The Labute approximate surface area is 96.8 Å². The summed E-state index contributed by atoms with van der Waals surface area (Å²) >= 11 is 0. The zero-order chi connectivity index (χ0) is 11.0. The van der Waals surface area contributed by atoms with E-state index < -0.39 is 0 Å². The molecule has 0 heterocycles. The standard InChI is InChI=1S/C14H19NO/c15-13-2-1-3-14(8-13)16-9-12-7-10-4-5-11(12)6-10/h1-3,8,10-12H,4-7,9,15H2. The van der Waals surface area contributed by atoms with Crippen LogP contribution in [0.25, 0.3) is 0 Å². The van der Waals surface area contributed by atoms with E-state index in [4.69, 9.17) is 10.5 Å². The number of benzene rings is 1. The summed E-state index contributed by atoms with van der Waals surface area (Å²) in [5, 5.41) is 0. The summed E-state index contributed by atoms with van der Waals surface area (Å²) in [4.78, 5) is 0. The molecule has 2 N–H and O–H groups in total. The van der Waals surface area contributed by atoms with E-state index >= 15 is 0 Å². The van der Waals surface area contributed by atoms with Crippen molar-refractivity contribution in [2.24, 2.45) is 17.8 Å². The van der Waals surface area contributed by atoms with Gasteiger partial charge in [0.2, 0.25) is 0 Å². The second kappa shape index (κ2) is 4.00. The quantitative estimate of drug-likeness (QED) is 0.790. The molecule has 1 aromatic carbocycles. The van der Waals surface area contributed by atoms with E-state index in [2.05, 4.69) is 0 Å². The predicted molar refractivity (Wildman–Crippen MR) is 65.3 cm³/mol. The number of fused-ring (bicyclic) bond motifs is 2. The molecule has 2 bridgehead atoms. The highest BCUT2D eigenvalue weighted by Crippen LogP contribution is 2.48. The third kappa shape index (κ3) is 1.89. The maximum absolute atomic E-state index is 5.84. The number of anilines is 1. The van der Waals surface area contributed by atoms with Gasteiger partial charge >= 0.3 is 0 Å². The molecule has 3 rings (SSSR count). The van der Waals surface area contributed by atoms with Crippen LogP contribution in [-0.4, -0.2) is 6.61 Å². The van der Waals surface area contributed by atoms with E-state index in [-0.39, 0.29) is 0 Å². The lowest BCUT2D eigenvalue weighted by Crippen LogP contribution is -2.18. The van der Waals surface area contributed by atoms with Gasteiger partial charge in [0.05, 0.1) is 6.61 Å². The highest BCUT2D eigenvalue weighted by molar-refractivity contribution is 5.43. The van der Waals surface area contributed by atoms with Crippen LogP contribution in [0, 0.1) is 17.8 Å². The molecule has 2 fully saturated rings. The molecular weight excluding hydrogens is 198 g/mol. The van der Waals surface area contributed by atoms with Crippen molar-refractivity contribution in [3.8, 4) is 5.75 Å². The Morgan fingerprint density at radius 1 is 1.25 bits per heavy atom. The lowest BCUT2D eigenvalue weighted by molar-refractivity contribution is 0.195. The van der Waals surface area contributed by atoms with Gasteiger partial charge in [-0.05, 0) is 49.1 Å². The van der Waals surface area contributed by atoms with Crippen molar-refractivity contribution in [2.75, 3.05) is 12.3 Å². The van der Waals surface area contributed by atoms with Crippen LogP contribution in [0.5, 0.6) is 5.75 Å². The highest BCUT2D eigenvalue weighted by Gasteiger charge is 2.39. The lowest BCUT2D eigenvalue weighted by Gasteiger charge is -2.21. The minimum absolute atomic E-state index is 0.783. The van der Waals surface area contributed by atoms with Crippen LogP contribution in [0.15, 0.2) is 24.3 Å². The number of nitrogens with two attached hydrogens (primary N) is 1. The van der Waals surface area contributed by atoms with Gasteiger partial charge in [-0.1, -0.05) is 12.5 Å². The fourth-order valence-corrected chi connectivity index (χ4v) is 3.39. The summed E-state index contributed by atoms with van der Waals surface area (Å²) in [5.41, 5.74) is 6.51. The summed E-state index contributed by atoms with van der Waals surface area (Å²) < 4.78 is 5.84. The number of nitrogen functional groups attached to an aromatic ring is 1. The Balaban J connectivity index is 1.57. The number of hydrogen-bond donors (Lipinski definition) is 1. The van der Waals surface area contributed by atoms with Crippen molar-refractivity contribution >= 4 is 5.69 Å². The summed E-state index contributed by atoms with van der Waals surface area (Å²) in [6, 6.07) is 7.74. The van der Waals surface area contributed by atoms with Gasteiger partial charge in [0.25, 0.3) is 0 Å². The monoisotopic (exact) mass is 217 g/mol. The molecule has 2 saturated carbocycles. The molecular formula is C14H19NO. The molecule has 0 aliphatic heterocycles. The van der Waals surface area contributed by atoms with Gasteiger partial charge < -0.3 is 10.5 Å². The molecule has 3 unspecified atom stereocenters. The molecule has 2 aliphatic rings. The Morgan fingerprint density at radius 2 is 2.19 bits per heavy atom. The molecule has 16 heavy (non-hydrogen) atoms. The maximum Gasteiger partial charge on any atom is 0.121 e. The molecule has 0 spiro atoms. The van der Waals surface area contributed by atoms with Gasteiger partial charge in [0, 0.05) is 11.8 Å². The van der Waals surface area contributed by atoms with Crippen LogP contribution in [0.4, 0.5) is 5.69 Å². The zero-order valence-electron chi connectivity index (χ0n) is 9.56. The fourth-order valence-electron chi connectivity index (χ4n) is 3.39. The van der Waals surface area contributed by atoms with Gasteiger partial charge in [0.1, 0.15) is 5.75 Å². The highest BCUT2D eigenvalue weighted by atomic mass is 16.5. The first-order valence-electron chi connectivity index (χ1n) is 6.29. The van der Waals surface area contributed by atoms with E-state index in [1.54, 1.807) is 0 Å². The maximum atomic E-state index is 5.84. The van der Waals surface area contributed by atoms with E-state index in [1.165, 1.54) is 25.7 Å². The molecule has 2 aliphatic carbocycles. The molecule has 0 saturated heterocycles. The number of rotatable bonds is 3. The molecule has 0 aromatic heterocycles. The molecule has 3 atom stereocenters. The number of ether oxygens (including phenoxy) is 1. The minimum Gasteiger partial charge on any atom is -0.493 e. The Morgan fingerprint density at radius 3 is 2.88 bits per heavy atom. The summed E-state index contributed by atoms with van der Waals surface area (Å²) in [5.74, 6) is 3.65. The van der Waals surface area contributed by atoms with Gasteiger partial charge in [-0.3, -0.25) is 0 Å². The Bertz CT molecular complexity index is 377. The van der Waals surface area contributed by atoms with E-state index in [0.29, 0.717) is 0 Å². The lowest BCUT2D eigenvalue weighted by atomic mass is 9.89. The molecule has 2 heteroatoms. The third-order valence-electron chi connectivity index (χ3n) is 4.21. The normalized spacial score (nSPS) is 31.9. The first-order chi connectivity index (χ1) is 7.81. The predicted octanol–water partition coefficient (Wildman–Crippen LogP) is 3.08. The molecule has 0 radical (unpaired) electrons. The van der Waals surface area contributed by atoms with E-state index in [1.807, 2.05) is 24.3 Å². The van der Waals surface area contributed by atoms with Crippen molar-refractivity contribution < 1.29 is 4.74 Å². The van der Waals surface area contributed by atoms with Crippen molar-refractivity contribution in [3.05, 3.63) is 24.3 Å². The van der Waals surface area contributed by atoms with E-state index in [9.17, 15) is 0 Å². The second-order valence-corrected chi connectivity index (χ2v) is 5.32. The number of hydrogen-bond acceptors (Lipinski definition) is 2. The third-order valence-corrected chi connectivity index (χ3v) is 4.21. The van der Waals surface area contributed by atoms with Crippen LogP contribution in [0.1, 0.15) is 25.7 Å². The average molecular weight is 217 g/mol. The van der Waals surface area contributed by atoms with Crippen molar-refractivity contribution in [1.82, 2.24) is 0 Å². The minimum atomic E-state index is 0.783. The van der Waals surface area contributed by atoms with Crippen molar-refractivity contribution in [3.63, 3.8) is 0 Å². The Kier molecular flexibility index (Phi) is 2.50. The first kappa shape index (κ1) is 10.0. The molecule has 0 amide bonds. The van der Waals surface area contributed by atoms with Gasteiger partial charge in [-0.2, -0.15) is 0 Å². The molecule has 86 valence electrons. The zero-order valence-corrected chi connectivity index (χ0v) is 9.56. The van der Waals surface area contributed by atoms with Crippen molar-refractivity contribution in [1.29, 1.82) is 0 Å². The SMILES string of the molecule is Nc1cccc(OCC2CC3CCC2C3)c1. The fraction of sp³-hybridized carbons (Fsp3) is 0.571. The van der Waals surface area contributed by atoms with Gasteiger partial charge in [-0.25, -0.2) is 0 Å². The van der Waals surface area contributed by atoms with Crippen LogP contribution < -0.4 is 10.5 Å². The second-order valence-electron chi connectivity index (χ2n) is 5.32. The van der Waals surface area contributed by atoms with E-state index in [0.717, 1.165) is 35.8 Å². The smallest absolute Gasteiger partial charge is 0.121 e. The topological polar surface area (TPSA) is 35.2 Å². The molecule has 1 aromatic rings. The average Bonchev–Trinajstić information content (AvgIpc) is 2.88. The van der Waals surface area contributed by atoms with Crippen LogP contribution in [-0.2, 0) is 0 Å². The largest absolute Gasteiger partial charge is 0.493 e. The van der Waals surface area contributed by atoms with Gasteiger partial charge in [0.15, 0.2) is 0 Å². The summed E-state index contributed by atoms with van der Waals surface area (Å²) in [7, 11) is 0. The van der Waals surface area contributed by atoms with Gasteiger partial charge in [-0.15, -0.1) is 0 Å². The summed E-state index contributed by atoms with van der Waals surface area (Å²) in [6.07, 6.45) is 5.72.